The fourth-order valence-electron chi connectivity index (χ4n) is 0.925. The van der Waals surface area contributed by atoms with Crippen molar-refractivity contribution in [2.24, 2.45) is 5.73 Å². The van der Waals surface area contributed by atoms with Crippen molar-refractivity contribution in [1.29, 1.82) is 0 Å². The molecule has 1 aromatic carbocycles. The Labute approximate surface area is 81.4 Å². The van der Waals surface area contributed by atoms with E-state index in [4.69, 9.17) is 5.73 Å². The van der Waals surface area contributed by atoms with Crippen LogP contribution in [0.4, 0.5) is 4.39 Å². The molecule has 4 heteroatoms. The van der Waals surface area contributed by atoms with Gasteiger partial charge < -0.3 is 11.1 Å². The lowest BCUT2D eigenvalue weighted by Crippen LogP contribution is -2.14. The fourth-order valence-corrected chi connectivity index (χ4v) is 0.925. The minimum atomic E-state index is -1.06. The SMILES string of the molecule is NC(=O)/C(F)=C\NCc1ccccc1. The molecular weight excluding hydrogens is 183 g/mol. The first-order valence-electron chi connectivity index (χ1n) is 4.13. The van der Waals surface area contributed by atoms with Crippen molar-refractivity contribution < 1.29 is 9.18 Å². The van der Waals surface area contributed by atoms with Crippen LogP contribution in [0.1, 0.15) is 5.56 Å². The number of hydrogen-bond donors (Lipinski definition) is 2. The molecule has 0 radical (unpaired) electrons. The average molecular weight is 194 g/mol. The van der Waals surface area contributed by atoms with E-state index in [-0.39, 0.29) is 0 Å². The number of benzene rings is 1. The predicted octanol–water partition coefficient (Wildman–Crippen LogP) is 1.07. The lowest BCUT2D eigenvalue weighted by molar-refractivity contribution is -0.115. The van der Waals surface area contributed by atoms with Crippen molar-refractivity contribution >= 4 is 5.91 Å². The van der Waals surface area contributed by atoms with Crippen LogP contribution < -0.4 is 11.1 Å². The summed E-state index contributed by atoms with van der Waals surface area (Å²) in [5.41, 5.74) is 5.69. The zero-order valence-electron chi connectivity index (χ0n) is 7.53. The normalized spacial score (nSPS) is 11.1. The molecule has 0 saturated heterocycles. The van der Waals surface area contributed by atoms with Crippen LogP contribution in [0.15, 0.2) is 42.4 Å². The largest absolute Gasteiger partial charge is 0.384 e. The standard InChI is InChI=1S/C10H11FN2O/c11-9(10(12)14)7-13-6-8-4-2-1-3-5-8/h1-5,7,13H,6H2,(H2,12,14)/b9-7+. The van der Waals surface area contributed by atoms with Gasteiger partial charge in [0.2, 0.25) is 5.83 Å². The van der Waals surface area contributed by atoms with Crippen LogP contribution in [0.2, 0.25) is 0 Å². The third kappa shape index (κ3) is 3.26. The van der Waals surface area contributed by atoms with Gasteiger partial charge in [-0.1, -0.05) is 30.3 Å². The molecule has 14 heavy (non-hydrogen) atoms. The third-order valence-corrected chi connectivity index (χ3v) is 1.61. The number of amides is 1. The molecule has 0 fully saturated rings. The Morgan fingerprint density at radius 2 is 2.07 bits per heavy atom. The third-order valence-electron chi connectivity index (χ3n) is 1.61. The van der Waals surface area contributed by atoms with E-state index < -0.39 is 11.7 Å². The molecule has 0 unspecified atom stereocenters. The smallest absolute Gasteiger partial charge is 0.278 e. The van der Waals surface area contributed by atoms with E-state index in [2.05, 4.69) is 5.32 Å². The summed E-state index contributed by atoms with van der Waals surface area (Å²) in [4.78, 5) is 10.3. The zero-order chi connectivity index (χ0) is 10.4. The number of rotatable bonds is 4. The number of primary amides is 1. The molecule has 0 aliphatic rings. The molecule has 3 nitrogen and oxygen atoms in total. The van der Waals surface area contributed by atoms with E-state index in [1.807, 2.05) is 30.3 Å². The Morgan fingerprint density at radius 3 is 2.64 bits per heavy atom. The maximum Gasteiger partial charge on any atom is 0.278 e. The van der Waals surface area contributed by atoms with Gasteiger partial charge in [-0.2, -0.15) is 4.39 Å². The van der Waals surface area contributed by atoms with Gasteiger partial charge in [-0.25, -0.2) is 0 Å². The molecule has 0 bridgehead atoms. The molecule has 1 amide bonds. The van der Waals surface area contributed by atoms with Crippen LogP contribution >= 0.6 is 0 Å². The van der Waals surface area contributed by atoms with E-state index in [1.54, 1.807) is 0 Å². The molecule has 1 aromatic rings. The fraction of sp³-hybridized carbons (Fsp3) is 0.100. The van der Waals surface area contributed by atoms with Crippen molar-refractivity contribution in [3.05, 3.63) is 47.9 Å². The molecule has 1 rings (SSSR count). The van der Waals surface area contributed by atoms with Crippen molar-refractivity contribution in [3.63, 3.8) is 0 Å². The van der Waals surface area contributed by atoms with Gasteiger partial charge in [-0.3, -0.25) is 4.79 Å². The van der Waals surface area contributed by atoms with Crippen molar-refractivity contribution in [2.45, 2.75) is 6.54 Å². The number of hydrogen-bond acceptors (Lipinski definition) is 2. The summed E-state index contributed by atoms with van der Waals surface area (Å²) >= 11 is 0. The molecule has 0 aliphatic carbocycles. The molecule has 0 saturated carbocycles. The Morgan fingerprint density at radius 1 is 1.43 bits per heavy atom. The first kappa shape index (κ1) is 10.2. The van der Waals surface area contributed by atoms with E-state index in [0.29, 0.717) is 6.54 Å². The van der Waals surface area contributed by atoms with Gasteiger partial charge in [0, 0.05) is 12.7 Å². The van der Waals surface area contributed by atoms with E-state index in [9.17, 15) is 9.18 Å². The number of nitrogens with two attached hydrogens (primary N) is 1. The molecule has 0 atom stereocenters. The maximum absolute atomic E-state index is 12.6. The second-order valence-electron chi connectivity index (χ2n) is 2.72. The lowest BCUT2D eigenvalue weighted by atomic mass is 10.2. The number of carbonyl (C=O) groups is 1. The van der Waals surface area contributed by atoms with Gasteiger partial charge in [0.05, 0.1) is 0 Å². The van der Waals surface area contributed by atoms with Crippen molar-refractivity contribution in [1.82, 2.24) is 5.32 Å². The van der Waals surface area contributed by atoms with Gasteiger partial charge >= 0.3 is 0 Å². The summed E-state index contributed by atoms with van der Waals surface area (Å²) < 4.78 is 12.6. The minimum absolute atomic E-state index is 0.460. The van der Waals surface area contributed by atoms with E-state index in [1.165, 1.54) is 0 Å². The zero-order valence-corrected chi connectivity index (χ0v) is 7.53. The summed E-state index contributed by atoms with van der Waals surface area (Å²) in [5, 5.41) is 2.64. The Kier molecular flexibility index (Phi) is 3.67. The topological polar surface area (TPSA) is 55.1 Å². The summed E-state index contributed by atoms with van der Waals surface area (Å²) in [7, 11) is 0. The first-order valence-corrected chi connectivity index (χ1v) is 4.13. The van der Waals surface area contributed by atoms with Crippen LogP contribution in [-0.2, 0) is 11.3 Å². The second-order valence-corrected chi connectivity index (χ2v) is 2.72. The predicted molar refractivity (Wildman–Crippen MR) is 51.7 cm³/mol. The molecule has 0 aliphatic heterocycles. The van der Waals surface area contributed by atoms with Crippen LogP contribution in [0.3, 0.4) is 0 Å². The van der Waals surface area contributed by atoms with Crippen LogP contribution in [0.25, 0.3) is 0 Å². The van der Waals surface area contributed by atoms with Crippen molar-refractivity contribution in [2.75, 3.05) is 0 Å². The van der Waals surface area contributed by atoms with Gasteiger partial charge in [0.15, 0.2) is 0 Å². The van der Waals surface area contributed by atoms with E-state index in [0.717, 1.165) is 11.8 Å². The summed E-state index contributed by atoms with van der Waals surface area (Å²) in [6.45, 7) is 0.460. The average Bonchev–Trinajstić information content (AvgIpc) is 2.19. The highest BCUT2D eigenvalue weighted by Crippen LogP contribution is 1.98. The molecule has 74 valence electrons. The van der Waals surface area contributed by atoms with Crippen LogP contribution in [0.5, 0.6) is 0 Å². The highest BCUT2D eigenvalue weighted by molar-refractivity contribution is 5.89. The summed E-state index contributed by atoms with van der Waals surface area (Å²) in [5.74, 6) is -2.04. The maximum atomic E-state index is 12.6. The molecule has 0 aromatic heterocycles. The Bertz CT molecular complexity index is 335. The monoisotopic (exact) mass is 194 g/mol. The number of nitrogens with one attached hydrogen (secondary N) is 1. The minimum Gasteiger partial charge on any atom is -0.384 e. The summed E-state index contributed by atoms with van der Waals surface area (Å²) in [6.07, 6.45) is 0.968. The molecule has 0 heterocycles. The highest BCUT2D eigenvalue weighted by Gasteiger charge is 2.00. The van der Waals surface area contributed by atoms with Gasteiger partial charge in [0.1, 0.15) is 0 Å². The lowest BCUT2D eigenvalue weighted by Gasteiger charge is -2.00. The number of halogens is 1. The van der Waals surface area contributed by atoms with Gasteiger partial charge in [0.25, 0.3) is 5.91 Å². The highest BCUT2D eigenvalue weighted by atomic mass is 19.1. The molecule has 3 N–H and O–H groups in total. The Balaban J connectivity index is 2.43. The van der Waals surface area contributed by atoms with Gasteiger partial charge in [-0.05, 0) is 5.56 Å². The van der Waals surface area contributed by atoms with E-state index >= 15 is 0 Å². The van der Waals surface area contributed by atoms with Crippen LogP contribution in [-0.4, -0.2) is 5.91 Å². The summed E-state index contributed by atoms with van der Waals surface area (Å²) in [6, 6.07) is 9.44. The number of carbonyl (C=O) groups excluding carboxylic acids is 1. The Hall–Kier alpha value is -1.84. The quantitative estimate of drug-likeness (QED) is 0.704. The molecular formula is C10H11FN2O. The molecule has 0 spiro atoms. The van der Waals surface area contributed by atoms with Crippen molar-refractivity contribution in [3.8, 4) is 0 Å². The first-order chi connectivity index (χ1) is 6.70. The van der Waals surface area contributed by atoms with Gasteiger partial charge in [-0.15, -0.1) is 0 Å². The van der Waals surface area contributed by atoms with Crippen LogP contribution in [0, 0.1) is 0 Å². The second kappa shape index (κ2) is 5.01.